The van der Waals surface area contributed by atoms with E-state index in [-0.39, 0.29) is 17.4 Å². The first-order valence-electron chi connectivity index (χ1n) is 7.30. The number of nitrogens with one attached hydrogen (secondary N) is 1. The Labute approximate surface area is 116 Å². The molecule has 106 valence electrons. The third kappa shape index (κ3) is 2.67. The molecule has 0 radical (unpaired) electrons. The van der Waals surface area contributed by atoms with Crippen molar-refractivity contribution in [3.05, 3.63) is 35.6 Å². The van der Waals surface area contributed by atoms with Crippen LogP contribution in [0.15, 0.2) is 24.3 Å². The minimum Gasteiger partial charge on any atom is -0.311 e. The van der Waals surface area contributed by atoms with Crippen LogP contribution in [0, 0.1) is 5.82 Å². The van der Waals surface area contributed by atoms with Crippen molar-refractivity contribution >= 4 is 0 Å². The van der Waals surface area contributed by atoms with Crippen LogP contribution in [0.1, 0.15) is 44.7 Å². The molecule has 2 rings (SSSR count). The minimum absolute atomic E-state index is 0.0248. The lowest BCUT2D eigenvalue weighted by molar-refractivity contribution is 0.0858. The van der Waals surface area contributed by atoms with E-state index in [9.17, 15) is 4.39 Å². The molecule has 1 fully saturated rings. The van der Waals surface area contributed by atoms with Crippen molar-refractivity contribution in [3.8, 4) is 0 Å². The Morgan fingerprint density at radius 2 is 1.95 bits per heavy atom. The number of benzene rings is 1. The first-order valence-corrected chi connectivity index (χ1v) is 7.30. The molecular weight excluding hydrogens is 239 g/mol. The average Bonchev–Trinajstić information content (AvgIpc) is 2.96. The monoisotopic (exact) mass is 264 g/mol. The van der Waals surface area contributed by atoms with Gasteiger partial charge in [0.1, 0.15) is 5.82 Å². The van der Waals surface area contributed by atoms with Crippen molar-refractivity contribution in [2.75, 3.05) is 20.1 Å². The molecule has 1 heterocycles. The zero-order chi connectivity index (χ0) is 13.9. The summed E-state index contributed by atoms with van der Waals surface area (Å²) in [6.07, 6.45) is 3.51. The van der Waals surface area contributed by atoms with E-state index in [0.717, 1.165) is 25.1 Å². The molecule has 1 saturated heterocycles. The van der Waals surface area contributed by atoms with E-state index in [4.69, 9.17) is 0 Å². The lowest BCUT2D eigenvalue weighted by Gasteiger charge is -2.44. The molecule has 0 aliphatic carbocycles. The van der Waals surface area contributed by atoms with Crippen molar-refractivity contribution in [3.63, 3.8) is 0 Å². The number of nitrogens with zero attached hydrogens (tertiary/aromatic N) is 1. The number of likely N-dealkylation sites (tertiary alicyclic amines) is 1. The highest BCUT2D eigenvalue weighted by atomic mass is 19.1. The van der Waals surface area contributed by atoms with E-state index in [0.29, 0.717) is 0 Å². The van der Waals surface area contributed by atoms with Gasteiger partial charge in [-0.1, -0.05) is 25.1 Å². The second-order valence-electron chi connectivity index (χ2n) is 5.65. The van der Waals surface area contributed by atoms with Crippen molar-refractivity contribution in [2.45, 2.75) is 44.7 Å². The summed E-state index contributed by atoms with van der Waals surface area (Å²) in [6, 6.07) is 7.16. The van der Waals surface area contributed by atoms with Crippen LogP contribution in [-0.2, 0) is 0 Å². The molecule has 3 heteroatoms. The van der Waals surface area contributed by atoms with Crippen molar-refractivity contribution in [2.24, 2.45) is 0 Å². The topological polar surface area (TPSA) is 15.3 Å². The zero-order valence-electron chi connectivity index (χ0n) is 12.2. The molecule has 2 unspecified atom stereocenters. The van der Waals surface area contributed by atoms with Gasteiger partial charge in [-0.3, -0.25) is 4.90 Å². The van der Waals surface area contributed by atoms with Gasteiger partial charge in [0.15, 0.2) is 0 Å². The van der Waals surface area contributed by atoms with Crippen molar-refractivity contribution in [1.82, 2.24) is 10.2 Å². The van der Waals surface area contributed by atoms with Gasteiger partial charge in [-0.25, -0.2) is 4.39 Å². The van der Waals surface area contributed by atoms with Gasteiger partial charge < -0.3 is 5.32 Å². The Balaban J connectivity index is 2.35. The van der Waals surface area contributed by atoms with E-state index >= 15 is 0 Å². The summed E-state index contributed by atoms with van der Waals surface area (Å²) in [6.45, 7) is 6.70. The third-order valence-electron chi connectivity index (χ3n) is 4.67. The van der Waals surface area contributed by atoms with Crippen LogP contribution in [0.3, 0.4) is 0 Å². The molecule has 1 aliphatic rings. The summed E-state index contributed by atoms with van der Waals surface area (Å²) in [5.74, 6) is -0.110. The molecule has 19 heavy (non-hydrogen) atoms. The molecule has 0 spiro atoms. The summed E-state index contributed by atoms with van der Waals surface area (Å²) >= 11 is 0. The average molecular weight is 264 g/mol. The molecular formula is C16H25FN2. The predicted octanol–water partition coefficient (Wildman–Crippen LogP) is 3.35. The van der Waals surface area contributed by atoms with E-state index in [1.54, 1.807) is 12.1 Å². The molecule has 0 saturated carbocycles. The predicted molar refractivity (Wildman–Crippen MR) is 77.7 cm³/mol. The van der Waals surface area contributed by atoms with E-state index in [2.05, 4.69) is 24.1 Å². The maximum absolute atomic E-state index is 14.1. The first-order chi connectivity index (χ1) is 9.13. The fourth-order valence-electron chi connectivity index (χ4n) is 3.35. The first kappa shape index (κ1) is 14.5. The highest BCUT2D eigenvalue weighted by Gasteiger charge is 2.40. The Morgan fingerprint density at radius 3 is 2.47 bits per heavy atom. The van der Waals surface area contributed by atoms with Gasteiger partial charge in [0.25, 0.3) is 0 Å². The molecule has 1 aliphatic heterocycles. The molecule has 0 aromatic heterocycles. The van der Waals surface area contributed by atoms with Crippen LogP contribution in [0.5, 0.6) is 0 Å². The van der Waals surface area contributed by atoms with Crippen LogP contribution in [0.2, 0.25) is 0 Å². The summed E-state index contributed by atoms with van der Waals surface area (Å²) in [4.78, 5) is 2.51. The third-order valence-corrected chi connectivity index (χ3v) is 4.67. The highest BCUT2D eigenvalue weighted by molar-refractivity contribution is 5.25. The normalized spacial score (nSPS) is 21.3. The van der Waals surface area contributed by atoms with Crippen molar-refractivity contribution in [1.29, 1.82) is 0 Å². The summed E-state index contributed by atoms with van der Waals surface area (Å²) in [7, 11) is 1.93. The molecule has 2 atom stereocenters. The van der Waals surface area contributed by atoms with Gasteiger partial charge in [0.05, 0.1) is 6.04 Å². The lowest BCUT2D eigenvalue weighted by atomic mass is 9.83. The van der Waals surface area contributed by atoms with Crippen molar-refractivity contribution < 1.29 is 4.39 Å². The maximum atomic E-state index is 14.1. The quantitative estimate of drug-likeness (QED) is 0.877. The second kappa shape index (κ2) is 6.02. The van der Waals surface area contributed by atoms with Gasteiger partial charge in [-0.05, 0) is 52.4 Å². The summed E-state index contributed by atoms with van der Waals surface area (Å²) in [5.41, 5.74) is 0.745. The second-order valence-corrected chi connectivity index (χ2v) is 5.65. The minimum atomic E-state index is -0.110. The number of rotatable bonds is 5. The van der Waals surface area contributed by atoms with Crippen LogP contribution >= 0.6 is 0 Å². The van der Waals surface area contributed by atoms with Gasteiger partial charge >= 0.3 is 0 Å². The fourth-order valence-corrected chi connectivity index (χ4v) is 3.35. The molecule has 1 aromatic rings. The fraction of sp³-hybridized carbons (Fsp3) is 0.625. The van der Waals surface area contributed by atoms with Crippen LogP contribution < -0.4 is 5.32 Å². The molecule has 0 amide bonds. The molecule has 2 nitrogen and oxygen atoms in total. The number of halogens is 1. The van der Waals surface area contributed by atoms with E-state index in [1.807, 2.05) is 19.2 Å². The SMILES string of the molecule is CCC(C)(C(NC)c1ccccc1F)N1CCCC1. The van der Waals surface area contributed by atoms with E-state index < -0.39 is 0 Å². The lowest BCUT2D eigenvalue weighted by Crippen LogP contribution is -2.52. The molecule has 1 N–H and O–H groups in total. The van der Waals surface area contributed by atoms with Crippen LogP contribution in [-0.4, -0.2) is 30.6 Å². The Kier molecular flexibility index (Phi) is 4.58. The largest absolute Gasteiger partial charge is 0.311 e. The molecule has 0 bridgehead atoms. The standard InChI is InChI=1S/C16H25FN2/c1-4-16(2,19-11-7-8-12-19)15(18-3)13-9-5-6-10-14(13)17/h5-6,9-10,15,18H,4,7-8,11-12H2,1-3H3. The van der Waals surface area contributed by atoms with E-state index in [1.165, 1.54) is 12.8 Å². The van der Waals surface area contributed by atoms with Gasteiger partial charge in [0, 0.05) is 11.1 Å². The van der Waals surface area contributed by atoms with Crippen LogP contribution in [0.4, 0.5) is 4.39 Å². The van der Waals surface area contributed by atoms with Gasteiger partial charge in [0.2, 0.25) is 0 Å². The highest BCUT2D eigenvalue weighted by Crippen LogP contribution is 2.37. The van der Waals surface area contributed by atoms with Crippen LogP contribution in [0.25, 0.3) is 0 Å². The van der Waals surface area contributed by atoms with Gasteiger partial charge in [-0.15, -0.1) is 0 Å². The Morgan fingerprint density at radius 1 is 1.32 bits per heavy atom. The number of likely N-dealkylation sites (N-methyl/N-ethyl adjacent to an activating group) is 1. The Hall–Kier alpha value is -0.930. The summed E-state index contributed by atoms with van der Waals surface area (Å²) in [5, 5.41) is 3.35. The Bertz CT molecular complexity index is 415. The smallest absolute Gasteiger partial charge is 0.128 e. The number of hydrogen-bond donors (Lipinski definition) is 1. The maximum Gasteiger partial charge on any atom is 0.128 e. The molecule has 1 aromatic carbocycles. The zero-order valence-corrected chi connectivity index (χ0v) is 12.2. The summed E-state index contributed by atoms with van der Waals surface area (Å²) < 4.78 is 14.1. The number of hydrogen-bond acceptors (Lipinski definition) is 2. The van der Waals surface area contributed by atoms with Gasteiger partial charge in [-0.2, -0.15) is 0 Å².